The zero-order valence-electron chi connectivity index (χ0n) is 8.14. The quantitative estimate of drug-likeness (QED) is 0.909. The fraction of sp³-hybridized carbons (Fsp3) is 0.182. The monoisotopic (exact) mass is 267 g/mol. The zero-order valence-corrected chi connectivity index (χ0v) is 9.73. The van der Waals surface area contributed by atoms with Crippen molar-refractivity contribution < 1.29 is 9.90 Å². The van der Waals surface area contributed by atoms with Gasteiger partial charge in [0.2, 0.25) is 0 Å². The highest BCUT2D eigenvalue weighted by Crippen LogP contribution is 2.23. The lowest BCUT2D eigenvalue weighted by molar-refractivity contribution is -0.140. The summed E-state index contributed by atoms with van der Waals surface area (Å²) in [6, 6.07) is 7.18. The van der Waals surface area contributed by atoms with E-state index >= 15 is 0 Å². The Balaban J connectivity index is 2.59. The first-order valence-electron chi connectivity index (χ1n) is 4.58. The minimum absolute atomic E-state index is 0.538. The third-order valence-corrected chi connectivity index (χ3v) is 2.95. The van der Waals surface area contributed by atoms with E-state index < -0.39 is 12.0 Å². The molecule has 0 saturated heterocycles. The summed E-state index contributed by atoms with van der Waals surface area (Å²) in [6.07, 6.45) is 1.80. The maximum absolute atomic E-state index is 10.9. The molecular weight excluding hydrogens is 258 g/mol. The van der Waals surface area contributed by atoms with E-state index in [1.165, 1.54) is 0 Å². The minimum Gasteiger partial charge on any atom is -0.480 e. The molecule has 1 aromatic heterocycles. The molecule has 0 fully saturated rings. The van der Waals surface area contributed by atoms with Crippen molar-refractivity contribution in [1.29, 1.82) is 0 Å². The van der Waals surface area contributed by atoms with Gasteiger partial charge >= 0.3 is 5.97 Å². The average Bonchev–Trinajstić information content (AvgIpc) is 2.59. The number of carbonyl (C=O) groups is 1. The fourth-order valence-electron chi connectivity index (χ4n) is 1.59. The Morgan fingerprint density at radius 3 is 2.87 bits per heavy atom. The van der Waals surface area contributed by atoms with E-state index in [2.05, 4.69) is 15.9 Å². The Morgan fingerprint density at radius 1 is 1.47 bits per heavy atom. The molecule has 0 amide bonds. The van der Waals surface area contributed by atoms with Crippen LogP contribution in [0.4, 0.5) is 0 Å². The van der Waals surface area contributed by atoms with Gasteiger partial charge in [0.05, 0.1) is 0 Å². The highest BCUT2D eigenvalue weighted by atomic mass is 79.9. The second-order valence-corrected chi connectivity index (χ2v) is 4.36. The van der Waals surface area contributed by atoms with Gasteiger partial charge in [0, 0.05) is 21.6 Å². The standard InChI is InChI=1S/C11H10BrNO2/c1-7(11(14)15)13-5-4-8-6-9(12)2-3-10(8)13/h2-7H,1H3,(H,14,15)/t7-/m0/s1. The van der Waals surface area contributed by atoms with Crippen LogP contribution in [0.2, 0.25) is 0 Å². The number of hydrogen-bond acceptors (Lipinski definition) is 1. The van der Waals surface area contributed by atoms with E-state index in [1.54, 1.807) is 17.7 Å². The molecule has 0 saturated carbocycles. The van der Waals surface area contributed by atoms with Crippen LogP contribution in [0.1, 0.15) is 13.0 Å². The van der Waals surface area contributed by atoms with E-state index in [4.69, 9.17) is 5.11 Å². The lowest BCUT2D eigenvalue weighted by atomic mass is 10.2. The zero-order chi connectivity index (χ0) is 11.0. The normalized spacial score (nSPS) is 12.9. The number of hydrogen-bond donors (Lipinski definition) is 1. The van der Waals surface area contributed by atoms with Crippen molar-refractivity contribution >= 4 is 32.8 Å². The van der Waals surface area contributed by atoms with Crippen molar-refractivity contribution in [3.05, 3.63) is 34.9 Å². The number of fused-ring (bicyclic) bond motifs is 1. The molecule has 3 nitrogen and oxygen atoms in total. The van der Waals surface area contributed by atoms with Crippen LogP contribution in [0, 0.1) is 0 Å². The Bertz CT molecular complexity index is 518. The van der Waals surface area contributed by atoms with Gasteiger partial charge in [-0.25, -0.2) is 4.79 Å². The van der Waals surface area contributed by atoms with Crippen molar-refractivity contribution in [3.8, 4) is 0 Å². The topological polar surface area (TPSA) is 42.2 Å². The van der Waals surface area contributed by atoms with Gasteiger partial charge in [-0.05, 0) is 31.2 Å². The summed E-state index contributed by atoms with van der Waals surface area (Å²) >= 11 is 3.38. The number of aromatic nitrogens is 1. The molecule has 0 aliphatic carbocycles. The van der Waals surface area contributed by atoms with Gasteiger partial charge in [0.15, 0.2) is 0 Å². The van der Waals surface area contributed by atoms with Crippen molar-refractivity contribution in [2.24, 2.45) is 0 Å². The number of benzene rings is 1. The number of carboxylic acids is 1. The third kappa shape index (κ3) is 1.77. The van der Waals surface area contributed by atoms with E-state index in [9.17, 15) is 4.79 Å². The molecule has 0 spiro atoms. The SMILES string of the molecule is C[C@@H](C(=O)O)n1ccc2cc(Br)ccc21. The molecule has 0 aliphatic rings. The summed E-state index contributed by atoms with van der Waals surface area (Å²) in [5, 5.41) is 9.98. The van der Waals surface area contributed by atoms with Gasteiger partial charge in [-0.2, -0.15) is 0 Å². The van der Waals surface area contributed by atoms with Crippen LogP contribution in [-0.2, 0) is 4.79 Å². The van der Waals surface area contributed by atoms with Gasteiger partial charge in [0.1, 0.15) is 6.04 Å². The average molecular weight is 268 g/mol. The first-order chi connectivity index (χ1) is 7.09. The number of carboxylic acid groups (broad SMARTS) is 1. The van der Waals surface area contributed by atoms with Crippen LogP contribution in [-0.4, -0.2) is 15.6 Å². The largest absolute Gasteiger partial charge is 0.480 e. The molecule has 0 unspecified atom stereocenters. The first kappa shape index (κ1) is 10.2. The first-order valence-corrected chi connectivity index (χ1v) is 5.38. The van der Waals surface area contributed by atoms with Crippen molar-refractivity contribution in [2.45, 2.75) is 13.0 Å². The fourth-order valence-corrected chi connectivity index (χ4v) is 1.97. The Hall–Kier alpha value is -1.29. The Morgan fingerprint density at radius 2 is 2.20 bits per heavy atom. The van der Waals surface area contributed by atoms with E-state index in [1.807, 2.05) is 24.3 Å². The van der Waals surface area contributed by atoms with E-state index in [0.717, 1.165) is 15.4 Å². The number of nitrogens with zero attached hydrogens (tertiary/aromatic N) is 1. The van der Waals surface area contributed by atoms with Gasteiger partial charge in [-0.3, -0.25) is 0 Å². The Kier molecular flexibility index (Phi) is 2.52. The molecule has 15 heavy (non-hydrogen) atoms. The summed E-state index contributed by atoms with van der Waals surface area (Å²) < 4.78 is 2.75. The second kappa shape index (κ2) is 3.70. The molecule has 1 aromatic carbocycles. The van der Waals surface area contributed by atoms with Crippen LogP contribution in [0.3, 0.4) is 0 Å². The van der Waals surface area contributed by atoms with Crippen LogP contribution >= 0.6 is 15.9 Å². The van der Waals surface area contributed by atoms with E-state index in [-0.39, 0.29) is 0 Å². The lowest BCUT2D eigenvalue weighted by Crippen LogP contribution is -2.14. The highest BCUT2D eigenvalue weighted by Gasteiger charge is 2.14. The summed E-state index contributed by atoms with van der Waals surface area (Å²) in [7, 11) is 0. The predicted octanol–water partition coefficient (Wildman–Crippen LogP) is 3.05. The minimum atomic E-state index is -0.824. The maximum atomic E-state index is 10.9. The molecule has 2 aromatic rings. The van der Waals surface area contributed by atoms with Gasteiger partial charge in [0.25, 0.3) is 0 Å². The molecule has 1 heterocycles. The van der Waals surface area contributed by atoms with Crippen LogP contribution in [0.5, 0.6) is 0 Å². The van der Waals surface area contributed by atoms with Crippen LogP contribution in [0.15, 0.2) is 34.9 Å². The third-order valence-electron chi connectivity index (χ3n) is 2.46. The number of halogens is 1. The van der Waals surface area contributed by atoms with Gasteiger partial charge < -0.3 is 9.67 Å². The van der Waals surface area contributed by atoms with Gasteiger partial charge in [-0.15, -0.1) is 0 Å². The summed E-state index contributed by atoms with van der Waals surface area (Å²) in [5.74, 6) is -0.824. The van der Waals surface area contributed by atoms with Crippen molar-refractivity contribution in [1.82, 2.24) is 4.57 Å². The molecule has 2 rings (SSSR count). The number of rotatable bonds is 2. The molecule has 1 N–H and O–H groups in total. The van der Waals surface area contributed by atoms with E-state index in [0.29, 0.717) is 0 Å². The van der Waals surface area contributed by atoms with Crippen LogP contribution in [0.25, 0.3) is 10.9 Å². The Labute approximate surface area is 95.5 Å². The second-order valence-electron chi connectivity index (χ2n) is 3.44. The van der Waals surface area contributed by atoms with Gasteiger partial charge in [-0.1, -0.05) is 15.9 Å². The van der Waals surface area contributed by atoms with Crippen LogP contribution < -0.4 is 0 Å². The number of aliphatic carboxylic acids is 1. The maximum Gasteiger partial charge on any atom is 0.326 e. The highest BCUT2D eigenvalue weighted by molar-refractivity contribution is 9.10. The summed E-state index contributed by atoms with van der Waals surface area (Å²) in [5.41, 5.74) is 0.938. The summed E-state index contributed by atoms with van der Waals surface area (Å²) in [6.45, 7) is 1.67. The molecule has 78 valence electrons. The molecule has 0 radical (unpaired) electrons. The lowest BCUT2D eigenvalue weighted by Gasteiger charge is -2.09. The predicted molar refractivity (Wildman–Crippen MR) is 62.0 cm³/mol. The molecule has 0 aliphatic heterocycles. The van der Waals surface area contributed by atoms with Crippen molar-refractivity contribution in [3.63, 3.8) is 0 Å². The van der Waals surface area contributed by atoms with Crippen molar-refractivity contribution in [2.75, 3.05) is 0 Å². The summed E-state index contributed by atoms with van der Waals surface area (Å²) in [4.78, 5) is 10.9. The smallest absolute Gasteiger partial charge is 0.326 e. The molecule has 4 heteroatoms. The molecular formula is C11H10BrNO2. The molecule has 1 atom stereocenters. The molecule has 0 bridgehead atoms.